The summed E-state index contributed by atoms with van der Waals surface area (Å²) in [5, 5.41) is 18.8. The number of benzene rings is 1. The van der Waals surface area contributed by atoms with Crippen molar-refractivity contribution in [1.82, 2.24) is 4.90 Å². The van der Waals surface area contributed by atoms with Crippen molar-refractivity contribution < 1.29 is 19.0 Å². The second-order valence-corrected chi connectivity index (χ2v) is 5.19. The number of alkyl halides is 2. The molecule has 2 N–H and O–H groups in total. The van der Waals surface area contributed by atoms with Crippen molar-refractivity contribution in [3.05, 3.63) is 34.3 Å². The molecule has 0 amide bonds. The van der Waals surface area contributed by atoms with E-state index in [9.17, 15) is 13.9 Å². The van der Waals surface area contributed by atoms with Crippen LogP contribution in [0.4, 0.5) is 8.78 Å². The molecule has 0 fully saturated rings. The third-order valence-electron chi connectivity index (χ3n) is 2.76. The maximum atomic E-state index is 12.3. The van der Waals surface area contributed by atoms with Crippen molar-refractivity contribution >= 4 is 15.9 Å². The number of hydrogen-bond donors (Lipinski definition) is 2. The molecule has 0 aliphatic carbocycles. The maximum absolute atomic E-state index is 12.3. The Morgan fingerprint density at radius 3 is 2.58 bits per heavy atom. The first-order valence-electron chi connectivity index (χ1n) is 6.08. The predicted molar refractivity (Wildman–Crippen MR) is 73.2 cm³/mol. The highest BCUT2D eigenvalue weighted by Gasteiger charge is 2.14. The molecule has 0 bridgehead atoms. The summed E-state index contributed by atoms with van der Waals surface area (Å²) in [4.78, 5) is 1.45. The van der Waals surface area contributed by atoms with E-state index >= 15 is 0 Å². The van der Waals surface area contributed by atoms with E-state index in [1.165, 1.54) is 4.90 Å². The molecule has 0 saturated heterocycles. The maximum Gasteiger partial charge on any atom is 0.251 e. The van der Waals surface area contributed by atoms with Crippen molar-refractivity contribution in [3.8, 4) is 0 Å². The Kier molecular flexibility index (Phi) is 7.45. The van der Waals surface area contributed by atoms with Crippen molar-refractivity contribution in [2.45, 2.75) is 19.0 Å². The normalized spacial score (nSPS) is 13.2. The van der Waals surface area contributed by atoms with E-state index in [-0.39, 0.29) is 19.7 Å². The van der Waals surface area contributed by atoms with E-state index in [0.717, 1.165) is 10.0 Å². The Balaban J connectivity index is 2.49. The molecule has 0 spiro atoms. The largest absolute Gasteiger partial charge is 0.395 e. The predicted octanol–water partition coefficient (Wildman–Crippen LogP) is 2.43. The average Bonchev–Trinajstić information content (AvgIpc) is 2.35. The Morgan fingerprint density at radius 2 is 2.00 bits per heavy atom. The fraction of sp³-hybridized carbons (Fsp3) is 0.538. The van der Waals surface area contributed by atoms with Crippen LogP contribution in [-0.4, -0.2) is 47.8 Å². The van der Waals surface area contributed by atoms with Crippen LogP contribution >= 0.6 is 15.9 Å². The van der Waals surface area contributed by atoms with Crippen LogP contribution in [0.3, 0.4) is 0 Å². The molecular weight excluding hydrogens is 320 g/mol. The molecule has 1 atom stereocenters. The molecule has 19 heavy (non-hydrogen) atoms. The van der Waals surface area contributed by atoms with Crippen LogP contribution in [0.25, 0.3) is 0 Å². The van der Waals surface area contributed by atoms with Gasteiger partial charge in [-0.1, -0.05) is 28.1 Å². The zero-order chi connectivity index (χ0) is 14.3. The van der Waals surface area contributed by atoms with Crippen LogP contribution in [0.2, 0.25) is 0 Å². The summed E-state index contributed by atoms with van der Waals surface area (Å²) < 4.78 is 25.5. The van der Waals surface area contributed by atoms with Gasteiger partial charge in [0, 0.05) is 17.6 Å². The van der Waals surface area contributed by atoms with E-state index in [0.29, 0.717) is 13.0 Å². The van der Waals surface area contributed by atoms with Gasteiger partial charge < -0.3 is 10.2 Å². The molecule has 1 unspecified atom stereocenters. The summed E-state index contributed by atoms with van der Waals surface area (Å²) in [5.74, 6) is 0. The first-order chi connectivity index (χ1) is 9.02. The van der Waals surface area contributed by atoms with E-state index in [2.05, 4.69) is 15.9 Å². The molecule has 0 aromatic heterocycles. The van der Waals surface area contributed by atoms with Crippen molar-refractivity contribution in [3.63, 3.8) is 0 Å². The third kappa shape index (κ3) is 6.42. The summed E-state index contributed by atoms with van der Waals surface area (Å²) in [5.41, 5.74) is 0.746. The minimum Gasteiger partial charge on any atom is -0.395 e. The van der Waals surface area contributed by atoms with Crippen LogP contribution in [-0.2, 0) is 0 Å². The lowest BCUT2D eigenvalue weighted by molar-refractivity contribution is 0.0660. The van der Waals surface area contributed by atoms with E-state index in [1.807, 2.05) is 12.1 Å². The standard InChI is InChI=1S/C13H18BrF2NO2/c14-11-3-1-2-10(8-11)12(19)4-5-17(6-7-18)9-13(15)16/h1-3,8,12-13,18-19H,4-7,9H2. The molecule has 1 aromatic carbocycles. The van der Waals surface area contributed by atoms with Gasteiger partial charge in [-0.05, 0) is 24.1 Å². The molecule has 1 aromatic rings. The summed E-state index contributed by atoms with van der Waals surface area (Å²) in [7, 11) is 0. The second kappa shape index (κ2) is 8.58. The second-order valence-electron chi connectivity index (χ2n) is 4.27. The number of rotatable bonds is 8. The van der Waals surface area contributed by atoms with Gasteiger partial charge in [0.25, 0.3) is 6.43 Å². The van der Waals surface area contributed by atoms with Gasteiger partial charge in [0.1, 0.15) is 0 Å². The molecule has 0 aliphatic rings. The summed E-state index contributed by atoms with van der Waals surface area (Å²) in [6.45, 7) is -0.0421. The molecule has 3 nitrogen and oxygen atoms in total. The lowest BCUT2D eigenvalue weighted by Gasteiger charge is -2.22. The first-order valence-corrected chi connectivity index (χ1v) is 6.87. The molecule has 1 rings (SSSR count). The number of halogens is 3. The highest BCUT2D eigenvalue weighted by atomic mass is 79.9. The lowest BCUT2D eigenvalue weighted by atomic mass is 10.1. The fourth-order valence-corrected chi connectivity index (χ4v) is 2.23. The smallest absolute Gasteiger partial charge is 0.251 e. The Labute approximate surface area is 120 Å². The van der Waals surface area contributed by atoms with Gasteiger partial charge in [0.15, 0.2) is 0 Å². The minimum atomic E-state index is -2.44. The zero-order valence-corrected chi connectivity index (χ0v) is 12.1. The van der Waals surface area contributed by atoms with Gasteiger partial charge in [-0.25, -0.2) is 8.78 Å². The summed E-state index contributed by atoms with van der Waals surface area (Å²) in [6.07, 6.45) is -2.78. The fourth-order valence-electron chi connectivity index (χ4n) is 1.82. The number of nitrogens with zero attached hydrogens (tertiary/aromatic N) is 1. The highest BCUT2D eigenvalue weighted by Crippen LogP contribution is 2.21. The number of aliphatic hydroxyl groups excluding tert-OH is 2. The van der Waals surface area contributed by atoms with Crippen molar-refractivity contribution in [1.29, 1.82) is 0 Å². The Bertz CT molecular complexity index is 379. The quantitative estimate of drug-likeness (QED) is 0.765. The molecular formula is C13H18BrF2NO2. The molecule has 108 valence electrons. The van der Waals surface area contributed by atoms with Crippen LogP contribution < -0.4 is 0 Å². The van der Waals surface area contributed by atoms with E-state index < -0.39 is 12.5 Å². The lowest BCUT2D eigenvalue weighted by Crippen LogP contribution is -2.33. The highest BCUT2D eigenvalue weighted by molar-refractivity contribution is 9.10. The average molecular weight is 338 g/mol. The van der Waals surface area contributed by atoms with Gasteiger partial charge in [0.2, 0.25) is 0 Å². The van der Waals surface area contributed by atoms with E-state index in [1.54, 1.807) is 12.1 Å². The molecule has 0 radical (unpaired) electrons. The monoisotopic (exact) mass is 337 g/mol. The summed E-state index contributed by atoms with van der Waals surface area (Å²) >= 11 is 3.31. The van der Waals surface area contributed by atoms with Gasteiger partial charge in [-0.2, -0.15) is 0 Å². The van der Waals surface area contributed by atoms with Gasteiger partial charge in [0.05, 0.1) is 19.3 Å². The molecule has 0 aliphatic heterocycles. The van der Waals surface area contributed by atoms with Crippen LogP contribution in [0.15, 0.2) is 28.7 Å². The van der Waals surface area contributed by atoms with Crippen LogP contribution in [0.1, 0.15) is 18.1 Å². The van der Waals surface area contributed by atoms with Gasteiger partial charge in [-0.3, -0.25) is 4.90 Å². The topological polar surface area (TPSA) is 43.7 Å². The van der Waals surface area contributed by atoms with Crippen molar-refractivity contribution in [2.24, 2.45) is 0 Å². The number of aliphatic hydroxyl groups is 2. The van der Waals surface area contributed by atoms with Crippen LogP contribution in [0.5, 0.6) is 0 Å². The third-order valence-corrected chi connectivity index (χ3v) is 3.26. The van der Waals surface area contributed by atoms with Gasteiger partial charge >= 0.3 is 0 Å². The minimum absolute atomic E-state index is 0.167. The van der Waals surface area contributed by atoms with E-state index in [4.69, 9.17) is 5.11 Å². The van der Waals surface area contributed by atoms with Crippen LogP contribution in [0, 0.1) is 0 Å². The number of hydrogen-bond acceptors (Lipinski definition) is 3. The zero-order valence-electron chi connectivity index (χ0n) is 10.5. The Morgan fingerprint density at radius 1 is 1.26 bits per heavy atom. The van der Waals surface area contributed by atoms with Crippen molar-refractivity contribution in [2.75, 3.05) is 26.2 Å². The Hall–Kier alpha value is -0.560. The SMILES string of the molecule is OCCN(CCC(O)c1cccc(Br)c1)CC(F)F. The molecule has 0 saturated carbocycles. The molecule has 6 heteroatoms. The van der Waals surface area contributed by atoms with Gasteiger partial charge in [-0.15, -0.1) is 0 Å². The summed E-state index contributed by atoms with van der Waals surface area (Å²) in [6, 6.07) is 7.26. The molecule has 0 heterocycles. The first kappa shape index (κ1) is 16.5.